The van der Waals surface area contributed by atoms with E-state index in [1.165, 1.54) is 32.1 Å². The molecule has 5 heteroatoms. The van der Waals surface area contributed by atoms with E-state index in [0.717, 1.165) is 18.5 Å². The van der Waals surface area contributed by atoms with Crippen molar-refractivity contribution in [3.05, 3.63) is 28.8 Å². The van der Waals surface area contributed by atoms with Crippen LogP contribution in [0.1, 0.15) is 51.0 Å². The second kappa shape index (κ2) is 10.7. The molecule has 0 aromatic heterocycles. The Hall–Kier alpha value is -1.00. The Morgan fingerprint density at radius 1 is 1.14 bits per heavy atom. The summed E-state index contributed by atoms with van der Waals surface area (Å²) in [6.45, 7) is 3.74. The van der Waals surface area contributed by atoms with Gasteiger partial charge in [0.25, 0.3) is 0 Å². The van der Waals surface area contributed by atoms with Gasteiger partial charge in [-0.2, -0.15) is 0 Å². The van der Waals surface area contributed by atoms with E-state index in [9.17, 15) is 5.11 Å². The van der Waals surface area contributed by atoms with Gasteiger partial charge in [-0.3, -0.25) is 0 Å². The summed E-state index contributed by atoms with van der Waals surface area (Å²) in [6, 6.07) is 5.15. The summed E-state index contributed by atoms with van der Waals surface area (Å²) in [4.78, 5) is 0. The number of nitrogens with one attached hydrogen (secondary N) is 2. The molecule has 1 rings (SSSR count). The molecule has 0 radical (unpaired) electrons. The van der Waals surface area contributed by atoms with E-state index in [2.05, 4.69) is 17.6 Å². The molecule has 0 amide bonds. The highest BCUT2D eigenvalue weighted by Gasteiger charge is 2.01. The molecule has 21 heavy (non-hydrogen) atoms. The van der Waals surface area contributed by atoms with Crippen LogP contribution in [0.5, 0.6) is 5.75 Å². The van der Waals surface area contributed by atoms with Crippen LogP contribution >= 0.6 is 23.8 Å². The first-order valence-electron chi connectivity index (χ1n) is 7.62. The number of aromatic hydroxyl groups is 1. The summed E-state index contributed by atoms with van der Waals surface area (Å²) >= 11 is 11.1. The van der Waals surface area contributed by atoms with Crippen molar-refractivity contribution in [1.82, 2.24) is 10.6 Å². The number of phenolic OH excluding ortho intramolecular Hbond substituents is 1. The highest BCUT2D eigenvalue weighted by atomic mass is 35.5. The van der Waals surface area contributed by atoms with Crippen molar-refractivity contribution in [2.45, 2.75) is 52.0 Å². The molecule has 0 heterocycles. The first-order valence-corrected chi connectivity index (χ1v) is 8.41. The number of hydrogen-bond donors (Lipinski definition) is 3. The highest BCUT2D eigenvalue weighted by molar-refractivity contribution is 7.80. The Morgan fingerprint density at radius 2 is 1.86 bits per heavy atom. The predicted octanol–water partition coefficient (Wildman–Crippen LogP) is 4.37. The average molecular weight is 329 g/mol. The van der Waals surface area contributed by atoms with Crippen molar-refractivity contribution in [3.8, 4) is 5.75 Å². The molecule has 0 aliphatic carbocycles. The first-order chi connectivity index (χ1) is 10.1. The van der Waals surface area contributed by atoms with Crippen molar-refractivity contribution < 1.29 is 5.11 Å². The number of unbranched alkanes of at least 4 members (excludes halogenated alkanes) is 5. The molecule has 0 bridgehead atoms. The van der Waals surface area contributed by atoms with Gasteiger partial charge in [0.05, 0.1) is 5.02 Å². The van der Waals surface area contributed by atoms with Gasteiger partial charge in [-0.15, -0.1) is 0 Å². The van der Waals surface area contributed by atoms with E-state index in [1.807, 2.05) is 6.07 Å². The van der Waals surface area contributed by atoms with E-state index < -0.39 is 0 Å². The second-order valence-electron chi connectivity index (χ2n) is 5.16. The molecule has 0 spiro atoms. The number of rotatable bonds is 9. The summed E-state index contributed by atoms with van der Waals surface area (Å²) in [5.41, 5.74) is 0.988. The fourth-order valence-corrected chi connectivity index (χ4v) is 2.39. The van der Waals surface area contributed by atoms with E-state index in [-0.39, 0.29) is 5.75 Å². The molecule has 3 nitrogen and oxygen atoms in total. The monoisotopic (exact) mass is 328 g/mol. The van der Waals surface area contributed by atoms with Gasteiger partial charge in [-0.25, -0.2) is 0 Å². The zero-order valence-electron chi connectivity index (χ0n) is 12.6. The highest BCUT2D eigenvalue weighted by Crippen LogP contribution is 2.23. The molecule has 0 atom stereocenters. The molecule has 0 saturated carbocycles. The predicted molar refractivity (Wildman–Crippen MR) is 93.9 cm³/mol. The van der Waals surface area contributed by atoms with Crippen LogP contribution in [0.15, 0.2) is 18.2 Å². The normalized spacial score (nSPS) is 10.4. The average Bonchev–Trinajstić information content (AvgIpc) is 2.47. The minimum Gasteiger partial charge on any atom is -0.506 e. The van der Waals surface area contributed by atoms with E-state index in [0.29, 0.717) is 16.7 Å². The molecule has 0 aliphatic rings. The fourth-order valence-electron chi connectivity index (χ4n) is 2.01. The Morgan fingerprint density at radius 3 is 2.57 bits per heavy atom. The molecular weight excluding hydrogens is 304 g/mol. The molecule has 1 aromatic carbocycles. The minimum absolute atomic E-state index is 0.101. The molecule has 0 aliphatic heterocycles. The number of hydrogen-bond acceptors (Lipinski definition) is 2. The maximum atomic E-state index is 9.35. The molecule has 0 fully saturated rings. The summed E-state index contributed by atoms with van der Waals surface area (Å²) in [6.07, 6.45) is 7.67. The SMILES string of the molecule is CCCCCCCCNC(=S)NCc1ccc(O)c(Cl)c1. The summed E-state index contributed by atoms with van der Waals surface area (Å²) in [7, 11) is 0. The molecule has 0 saturated heterocycles. The van der Waals surface area contributed by atoms with Crippen LogP contribution in [-0.4, -0.2) is 16.8 Å². The molecule has 1 aromatic rings. The number of benzene rings is 1. The molecule has 0 unspecified atom stereocenters. The van der Waals surface area contributed by atoms with Gasteiger partial charge in [0, 0.05) is 13.1 Å². The molecular formula is C16H25ClN2OS. The quantitative estimate of drug-likeness (QED) is 0.465. The Kier molecular flexibility index (Phi) is 9.19. The van der Waals surface area contributed by atoms with Gasteiger partial charge >= 0.3 is 0 Å². The van der Waals surface area contributed by atoms with Crippen LogP contribution in [0.2, 0.25) is 5.02 Å². The van der Waals surface area contributed by atoms with E-state index >= 15 is 0 Å². The smallest absolute Gasteiger partial charge is 0.166 e. The van der Waals surface area contributed by atoms with Gasteiger partial charge in [0.2, 0.25) is 0 Å². The largest absolute Gasteiger partial charge is 0.506 e. The lowest BCUT2D eigenvalue weighted by atomic mass is 10.1. The van der Waals surface area contributed by atoms with Crippen LogP contribution in [-0.2, 0) is 6.54 Å². The number of phenols is 1. The van der Waals surface area contributed by atoms with Gasteiger partial charge in [-0.1, -0.05) is 56.7 Å². The Labute approximate surface area is 138 Å². The van der Waals surface area contributed by atoms with Gasteiger partial charge in [0.1, 0.15) is 5.75 Å². The lowest BCUT2D eigenvalue weighted by Gasteiger charge is -2.11. The minimum atomic E-state index is 0.101. The summed E-state index contributed by atoms with van der Waals surface area (Å²) < 4.78 is 0. The maximum Gasteiger partial charge on any atom is 0.166 e. The van der Waals surface area contributed by atoms with Crippen LogP contribution in [0.4, 0.5) is 0 Å². The van der Waals surface area contributed by atoms with Crippen molar-refractivity contribution in [3.63, 3.8) is 0 Å². The summed E-state index contributed by atoms with van der Waals surface area (Å²) in [5, 5.41) is 16.7. The molecule has 118 valence electrons. The number of thiocarbonyl (C=S) groups is 1. The van der Waals surface area contributed by atoms with Crippen molar-refractivity contribution >= 4 is 28.9 Å². The first kappa shape index (κ1) is 18.1. The van der Waals surface area contributed by atoms with Gasteiger partial charge in [0.15, 0.2) is 5.11 Å². The third kappa shape index (κ3) is 8.12. The second-order valence-corrected chi connectivity index (χ2v) is 5.98. The van der Waals surface area contributed by atoms with E-state index in [1.54, 1.807) is 12.1 Å². The Balaban J connectivity index is 2.09. The zero-order chi connectivity index (χ0) is 15.5. The maximum absolute atomic E-state index is 9.35. The Bertz CT molecular complexity index is 440. The van der Waals surface area contributed by atoms with Crippen LogP contribution < -0.4 is 10.6 Å². The lowest BCUT2D eigenvalue weighted by Crippen LogP contribution is -2.35. The number of halogens is 1. The van der Waals surface area contributed by atoms with Crippen molar-refractivity contribution in [2.24, 2.45) is 0 Å². The fraction of sp³-hybridized carbons (Fsp3) is 0.562. The van der Waals surface area contributed by atoms with Crippen LogP contribution in [0.25, 0.3) is 0 Å². The van der Waals surface area contributed by atoms with Crippen LogP contribution in [0, 0.1) is 0 Å². The van der Waals surface area contributed by atoms with Crippen molar-refractivity contribution in [2.75, 3.05) is 6.54 Å². The molecule has 3 N–H and O–H groups in total. The third-order valence-electron chi connectivity index (χ3n) is 3.28. The van der Waals surface area contributed by atoms with Gasteiger partial charge < -0.3 is 15.7 Å². The van der Waals surface area contributed by atoms with Gasteiger partial charge in [-0.05, 0) is 36.3 Å². The van der Waals surface area contributed by atoms with Crippen LogP contribution in [0.3, 0.4) is 0 Å². The topological polar surface area (TPSA) is 44.3 Å². The third-order valence-corrected chi connectivity index (χ3v) is 3.87. The van der Waals surface area contributed by atoms with Crippen molar-refractivity contribution in [1.29, 1.82) is 0 Å². The lowest BCUT2D eigenvalue weighted by molar-refractivity contribution is 0.475. The van der Waals surface area contributed by atoms with E-state index in [4.69, 9.17) is 23.8 Å². The zero-order valence-corrected chi connectivity index (χ0v) is 14.2. The summed E-state index contributed by atoms with van der Waals surface area (Å²) in [5.74, 6) is 0.101. The standard InChI is InChI=1S/C16H25ClN2OS/c1-2-3-4-5-6-7-10-18-16(21)19-12-13-8-9-15(20)14(17)11-13/h8-9,11,20H,2-7,10,12H2,1H3,(H2,18,19,21).